The van der Waals surface area contributed by atoms with Crippen LogP contribution in [0.15, 0.2) is 46.9 Å². The number of allylic oxidation sites excluding steroid dienone is 1. The number of fused-ring (bicyclic) bond motifs is 1. The Morgan fingerprint density at radius 2 is 1.60 bits per heavy atom. The summed E-state index contributed by atoms with van der Waals surface area (Å²) >= 11 is 0. The van der Waals surface area contributed by atoms with Crippen molar-refractivity contribution in [3.8, 4) is 11.1 Å². The second-order valence-corrected chi connectivity index (χ2v) is 6.83. The van der Waals surface area contributed by atoms with Gasteiger partial charge >= 0.3 is 0 Å². The van der Waals surface area contributed by atoms with Gasteiger partial charge in [-0.15, -0.1) is 0 Å². The molecule has 1 aromatic heterocycles. The Balaban J connectivity index is 0.00000182. The Morgan fingerprint density at radius 1 is 0.880 bits per heavy atom. The first-order valence-corrected chi connectivity index (χ1v) is 8.51. The van der Waals surface area contributed by atoms with E-state index in [2.05, 4.69) is 69.3 Å². The van der Waals surface area contributed by atoms with E-state index in [1.54, 1.807) is 0 Å². The van der Waals surface area contributed by atoms with E-state index in [-0.39, 0.29) is 26.2 Å². The predicted molar refractivity (Wildman–Crippen MR) is 101 cm³/mol. The number of hydrogen-bond donors (Lipinski definition) is 0. The summed E-state index contributed by atoms with van der Waals surface area (Å²) in [6.45, 7) is 8.58. The van der Waals surface area contributed by atoms with E-state index in [0.717, 1.165) is 17.9 Å². The molecule has 3 aromatic rings. The third-order valence-corrected chi connectivity index (χ3v) is 5.22. The number of hydrogen-bond acceptors (Lipinski definition) is 1. The van der Waals surface area contributed by atoms with Crippen LogP contribution in [0.25, 0.3) is 22.8 Å². The molecule has 0 atom stereocenters. The van der Waals surface area contributed by atoms with Gasteiger partial charge in [-0.3, -0.25) is 0 Å². The number of rotatable bonds is 2. The van der Waals surface area contributed by atoms with Gasteiger partial charge in [-0.05, 0) is 84.4 Å². The van der Waals surface area contributed by atoms with Crippen molar-refractivity contribution in [1.29, 1.82) is 0 Å². The molecule has 0 fully saturated rings. The van der Waals surface area contributed by atoms with Crippen molar-refractivity contribution in [3.63, 3.8) is 0 Å². The average molecular weight is 406 g/mol. The Morgan fingerprint density at radius 3 is 2.24 bits per heavy atom. The van der Waals surface area contributed by atoms with Gasteiger partial charge in [0.2, 0.25) is 0 Å². The van der Waals surface area contributed by atoms with E-state index >= 15 is 0 Å². The molecule has 0 bridgehead atoms. The van der Waals surface area contributed by atoms with E-state index in [4.69, 9.17) is 4.42 Å². The standard InChI is InChI=1S/C23H22O.Zr/c1-14-10-19-12-20(22-11-15(2)17(4)24-22)13-21(19)23(16(14)3)18-8-6-5-7-9-18;/h5-11,13H,12H2,1-4H3;. The van der Waals surface area contributed by atoms with Crippen LogP contribution in [-0.2, 0) is 32.6 Å². The Hall–Kier alpha value is -1.66. The Kier molecular flexibility index (Phi) is 5.02. The maximum atomic E-state index is 5.97. The molecule has 0 aliphatic heterocycles. The van der Waals surface area contributed by atoms with E-state index in [1.165, 1.54) is 44.5 Å². The molecule has 1 heterocycles. The van der Waals surface area contributed by atoms with Crippen molar-refractivity contribution >= 4 is 11.6 Å². The molecule has 4 rings (SSSR count). The first-order chi connectivity index (χ1) is 11.5. The molecule has 25 heavy (non-hydrogen) atoms. The molecular weight excluding hydrogens is 383 g/mol. The number of aryl methyl sites for hydroxylation is 3. The summed E-state index contributed by atoms with van der Waals surface area (Å²) in [4.78, 5) is 0. The minimum atomic E-state index is 0. The van der Waals surface area contributed by atoms with Crippen LogP contribution >= 0.6 is 0 Å². The van der Waals surface area contributed by atoms with Gasteiger partial charge in [-0.1, -0.05) is 36.4 Å². The normalized spacial score (nSPS) is 12.6. The molecule has 1 nitrogen and oxygen atoms in total. The van der Waals surface area contributed by atoms with E-state index in [1.807, 2.05) is 6.92 Å². The van der Waals surface area contributed by atoms with Crippen LogP contribution in [0.1, 0.15) is 39.3 Å². The SMILES string of the molecule is Cc1cc(C2=Cc3c(cc(C)c(C)c3-c3ccccc3)C2)oc1C.[Zr]. The third-order valence-electron chi connectivity index (χ3n) is 5.22. The van der Waals surface area contributed by atoms with Gasteiger partial charge in [0.25, 0.3) is 0 Å². The molecule has 1 aliphatic rings. The predicted octanol–water partition coefficient (Wildman–Crippen LogP) is 6.27. The van der Waals surface area contributed by atoms with Crippen molar-refractivity contribution < 1.29 is 30.6 Å². The summed E-state index contributed by atoms with van der Waals surface area (Å²) in [6, 6.07) is 15.2. The fourth-order valence-electron chi connectivity index (χ4n) is 3.62. The second kappa shape index (κ2) is 6.92. The second-order valence-electron chi connectivity index (χ2n) is 6.83. The molecule has 0 saturated carbocycles. The van der Waals surface area contributed by atoms with Gasteiger partial charge < -0.3 is 4.42 Å². The van der Waals surface area contributed by atoms with Crippen molar-refractivity contribution in [2.75, 3.05) is 0 Å². The van der Waals surface area contributed by atoms with E-state index in [0.29, 0.717) is 0 Å². The molecule has 0 saturated heterocycles. The van der Waals surface area contributed by atoms with Crippen LogP contribution in [0.3, 0.4) is 0 Å². The number of benzene rings is 2. The molecule has 1 aliphatic carbocycles. The first-order valence-electron chi connectivity index (χ1n) is 8.51. The molecule has 2 aromatic carbocycles. The van der Waals surface area contributed by atoms with Crippen LogP contribution in [0, 0.1) is 27.7 Å². The summed E-state index contributed by atoms with van der Waals surface area (Å²) in [5.41, 5.74) is 10.6. The van der Waals surface area contributed by atoms with Crippen molar-refractivity contribution in [1.82, 2.24) is 0 Å². The minimum absolute atomic E-state index is 0. The van der Waals surface area contributed by atoms with Crippen LogP contribution in [0.2, 0.25) is 0 Å². The van der Waals surface area contributed by atoms with Crippen LogP contribution in [0.4, 0.5) is 0 Å². The fourth-order valence-corrected chi connectivity index (χ4v) is 3.62. The third kappa shape index (κ3) is 3.13. The van der Waals surface area contributed by atoms with Gasteiger partial charge in [0.15, 0.2) is 0 Å². The zero-order valence-electron chi connectivity index (χ0n) is 15.2. The van der Waals surface area contributed by atoms with Crippen LogP contribution in [-0.4, -0.2) is 0 Å². The monoisotopic (exact) mass is 404 g/mol. The zero-order chi connectivity index (χ0) is 16.8. The van der Waals surface area contributed by atoms with E-state index < -0.39 is 0 Å². The van der Waals surface area contributed by atoms with Gasteiger partial charge in [0.1, 0.15) is 11.5 Å². The molecule has 0 spiro atoms. The van der Waals surface area contributed by atoms with Gasteiger partial charge in [0, 0.05) is 32.6 Å². The summed E-state index contributed by atoms with van der Waals surface area (Å²) in [5.74, 6) is 2.02. The van der Waals surface area contributed by atoms with Gasteiger partial charge in [-0.2, -0.15) is 0 Å². The molecular formula is C23H22OZr. The summed E-state index contributed by atoms with van der Waals surface area (Å²) in [6.07, 6.45) is 3.27. The Bertz CT molecular complexity index is 942. The summed E-state index contributed by atoms with van der Waals surface area (Å²) < 4.78 is 5.97. The maximum Gasteiger partial charge on any atom is 0.130 e. The minimum Gasteiger partial charge on any atom is -0.461 e. The van der Waals surface area contributed by atoms with Crippen LogP contribution < -0.4 is 0 Å². The molecule has 0 radical (unpaired) electrons. The van der Waals surface area contributed by atoms with Crippen molar-refractivity contribution in [2.24, 2.45) is 0 Å². The quantitative estimate of drug-likeness (QED) is 0.489. The Labute approximate surface area is 168 Å². The zero-order valence-corrected chi connectivity index (χ0v) is 17.7. The fraction of sp³-hybridized carbons (Fsp3) is 0.217. The number of furan rings is 1. The summed E-state index contributed by atoms with van der Waals surface area (Å²) in [7, 11) is 0. The molecule has 2 heteroatoms. The molecule has 124 valence electrons. The van der Waals surface area contributed by atoms with Gasteiger partial charge in [0.05, 0.1) is 0 Å². The molecule has 0 unspecified atom stereocenters. The average Bonchev–Trinajstić information content (AvgIpc) is 3.13. The topological polar surface area (TPSA) is 13.1 Å². The molecule has 0 N–H and O–H groups in total. The van der Waals surface area contributed by atoms with Crippen molar-refractivity contribution in [2.45, 2.75) is 34.1 Å². The molecule has 0 amide bonds. The smallest absolute Gasteiger partial charge is 0.130 e. The summed E-state index contributed by atoms with van der Waals surface area (Å²) in [5, 5.41) is 0. The largest absolute Gasteiger partial charge is 0.461 e. The van der Waals surface area contributed by atoms with Gasteiger partial charge in [-0.25, -0.2) is 0 Å². The van der Waals surface area contributed by atoms with E-state index in [9.17, 15) is 0 Å². The maximum absolute atomic E-state index is 5.97. The van der Waals surface area contributed by atoms with Crippen molar-refractivity contribution in [3.05, 3.63) is 81.8 Å². The van der Waals surface area contributed by atoms with Crippen LogP contribution in [0.5, 0.6) is 0 Å². The first kappa shape index (κ1) is 18.1.